The molecule has 2 rings (SSSR count). The molecule has 1 aromatic heterocycles. The van der Waals surface area contributed by atoms with Gasteiger partial charge >= 0.3 is 0 Å². The molecule has 1 amide bonds. The van der Waals surface area contributed by atoms with Crippen LogP contribution in [0.3, 0.4) is 0 Å². The van der Waals surface area contributed by atoms with E-state index in [0.717, 1.165) is 5.56 Å². The highest BCUT2D eigenvalue weighted by molar-refractivity contribution is 7.89. The Morgan fingerprint density at radius 3 is 2.48 bits per heavy atom. The number of benzene rings is 1. The van der Waals surface area contributed by atoms with Crippen molar-refractivity contribution in [2.24, 2.45) is 0 Å². The third-order valence-corrected chi connectivity index (χ3v) is 5.62. The summed E-state index contributed by atoms with van der Waals surface area (Å²) in [6, 6.07) is 6.37. The van der Waals surface area contributed by atoms with Gasteiger partial charge in [0.05, 0.1) is 6.04 Å². The van der Waals surface area contributed by atoms with Gasteiger partial charge in [0.15, 0.2) is 5.76 Å². The molecule has 25 heavy (non-hydrogen) atoms. The van der Waals surface area contributed by atoms with E-state index >= 15 is 0 Å². The van der Waals surface area contributed by atoms with Crippen LogP contribution < -0.4 is 10.0 Å². The Balaban J connectivity index is 1.90. The van der Waals surface area contributed by atoms with Crippen molar-refractivity contribution in [3.8, 4) is 0 Å². The maximum Gasteiger partial charge on any atom is 0.246 e. The Morgan fingerprint density at radius 1 is 1.28 bits per heavy atom. The van der Waals surface area contributed by atoms with E-state index in [0.29, 0.717) is 18.0 Å². The number of nitrogens with one attached hydrogen (secondary N) is 2. The molecule has 0 aliphatic heterocycles. The highest BCUT2D eigenvalue weighted by atomic mass is 35.5. The molecular formula is C16H20ClN3O4S. The van der Waals surface area contributed by atoms with Crippen molar-refractivity contribution in [3.05, 3.63) is 46.3 Å². The van der Waals surface area contributed by atoms with Crippen LogP contribution in [-0.2, 0) is 21.2 Å². The van der Waals surface area contributed by atoms with Crippen LogP contribution in [0.5, 0.6) is 0 Å². The monoisotopic (exact) mass is 385 g/mol. The van der Waals surface area contributed by atoms with E-state index < -0.39 is 22.0 Å². The van der Waals surface area contributed by atoms with Gasteiger partial charge in [-0.2, -0.15) is 4.72 Å². The van der Waals surface area contributed by atoms with Crippen molar-refractivity contribution in [2.45, 2.75) is 38.1 Å². The molecule has 0 unspecified atom stereocenters. The first-order valence-electron chi connectivity index (χ1n) is 7.68. The molecule has 0 spiro atoms. The van der Waals surface area contributed by atoms with E-state index in [1.54, 1.807) is 12.1 Å². The third kappa shape index (κ3) is 5.04. The molecule has 0 saturated heterocycles. The molecule has 0 fully saturated rings. The van der Waals surface area contributed by atoms with E-state index in [2.05, 4.69) is 15.2 Å². The van der Waals surface area contributed by atoms with Crippen LogP contribution in [0.4, 0.5) is 0 Å². The van der Waals surface area contributed by atoms with Crippen molar-refractivity contribution in [3.63, 3.8) is 0 Å². The maximum atomic E-state index is 12.4. The summed E-state index contributed by atoms with van der Waals surface area (Å²) in [7, 11) is -3.89. The first-order chi connectivity index (χ1) is 11.7. The summed E-state index contributed by atoms with van der Waals surface area (Å²) in [5, 5.41) is 6.97. The quantitative estimate of drug-likeness (QED) is 0.758. The van der Waals surface area contributed by atoms with Gasteiger partial charge in [0.2, 0.25) is 15.9 Å². The summed E-state index contributed by atoms with van der Waals surface area (Å²) in [6.07, 6.45) is 0.617. The number of rotatable bonds is 7. The highest BCUT2D eigenvalue weighted by Gasteiger charge is 2.27. The normalized spacial score (nSPS) is 12.8. The van der Waals surface area contributed by atoms with Crippen LogP contribution in [0, 0.1) is 13.8 Å². The number of aromatic nitrogens is 1. The van der Waals surface area contributed by atoms with Gasteiger partial charge in [-0.3, -0.25) is 4.79 Å². The smallest absolute Gasteiger partial charge is 0.246 e. The summed E-state index contributed by atoms with van der Waals surface area (Å²) in [4.78, 5) is 12.1. The molecule has 0 aliphatic rings. The molecule has 7 nitrogen and oxygen atoms in total. The van der Waals surface area contributed by atoms with Gasteiger partial charge in [-0.25, -0.2) is 8.42 Å². The minimum Gasteiger partial charge on any atom is -0.360 e. The molecule has 9 heteroatoms. The zero-order valence-electron chi connectivity index (χ0n) is 14.2. The van der Waals surface area contributed by atoms with Gasteiger partial charge in [0.1, 0.15) is 10.6 Å². The SMILES string of the molecule is Cc1noc(C)c1S(=O)(=O)N[C@@H](C)C(=O)NCCc1ccc(Cl)cc1. The number of hydrogen-bond donors (Lipinski definition) is 2. The van der Waals surface area contributed by atoms with Gasteiger partial charge < -0.3 is 9.84 Å². The Hall–Kier alpha value is -1.90. The summed E-state index contributed by atoms with van der Waals surface area (Å²) >= 11 is 5.82. The van der Waals surface area contributed by atoms with Crippen LogP contribution in [0.15, 0.2) is 33.7 Å². The van der Waals surface area contributed by atoms with Crippen molar-refractivity contribution >= 4 is 27.5 Å². The molecule has 0 aliphatic carbocycles. The number of aryl methyl sites for hydroxylation is 2. The van der Waals surface area contributed by atoms with Gasteiger partial charge in [0.25, 0.3) is 0 Å². The predicted molar refractivity (Wildman–Crippen MR) is 93.9 cm³/mol. The number of halogens is 1. The Labute approximate surface area is 151 Å². The number of amides is 1. The first kappa shape index (κ1) is 19.4. The molecule has 136 valence electrons. The number of nitrogens with zero attached hydrogens (tertiary/aromatic N) is 1. The van der Waals surface area contributed by atoms with Gasteiger partial charge in [-0.15, -0.1) is 0 Å². The Bertz CT molecular complexity index is 827. The topological polar surface area (TPSA) is 101 Å². The Kier molecular flexibility index (Phi) is 6.21. The second kappa shape index (κ2) is 7.99. The lowest BCUT2D eigenvalue weighted by Gasteiger charge is -2.14. The molecule has 2 N–H and O–H groups in total. The highest BCUT2D eigenvalue weighted by Crippen LogP contribution is 2.18. The Morgan fingerprint density at radius 2 is 1.92 bits per heavy atom. The molecule has 1 atom stereocenters. The van der Waals surface area contributed by atoms with E-state index in [1.165, 1.54) is 20.8 Å². The third-order valence-electron chi connectivity index (χ3n) is 3.59. The van der Waals surface area contributed by atoms with Crippen LogP contribution in [0.2, 0.25) is 5.02 Å². The van der Waals surface area contributed by atoms with Crippen LogP contribution in [0.1, 0.15) is 23.9 Å². The summed E-state index contributed by atoms with van der Waals surface area (Å²) in [5.74, 6) is -0.232. The average Bonchev–Trinajstić information content (AvgIpc) is 2.88. The van der Waals surface area contributed by atoms with E-state index in [9.17, 15) is 13.2 Å². The largest absolute Gasteiger partial charge is 0.360 e. The lowest BCUT2D eigenvalue weighted by atomic mass is 10.1. The minimum absolute atomic E-state index is 0.0340. The fourth-order valence-corrected chi connectivity index (χ4v) is 4.00. The average molecular weight is 386 g/mol. The summed E-state index contributed by atoms with van der Waals surface area (Å²) < 4.78 is 32.0. The van der Waals surface area contributed by atoms with Crippen LogP contribution in [0.25, 0.3) is 0 Å². The van der Waals surface area contributed by atoms with Crippen LogP contribution in [-0.4, -0.2) is 32.1 Å². The van der Waals surface area contributed by atoms with Crippen LogP contribution >= 0.6 is 11.6 Å². The summed E-state index contributed by atoms with van der Waals surface area (Å²) in [5.41, 5.74) is 1.27. The zero-order valence-corrected chi connectivity index (χ0v) is 15.7. The molecule has 0 saturated carbocycles. The number of carbonyl (C=O) groups is 1. The minimum atomic E-state index is -3.89. The van der Waals surface area contributed by atoms with Crippen molar-refractivity contribution in [1.82, 2.24) is 15.2 Å². The number of sulfonamides is 1. The van der Waals surface area contributed by atoms with Crippen molar-refractivity contribution in [1.29, 1.82) is 0 Å². The zero-order chi connectivity index (χ0) is 18.6. The summed E-state index contributed by atoms with van der Waals surface area (Å²) in [6.45, 7) is 4.90. The molecule has 1 heterocycles. The van der Waals surface area contributed by atoms with Gasteiger partial charge in [-0.05, 0) is 44.9 Å². The van der Waals surface area contributed by atoms with E-state index in [4.69, 9.17) is 16.1 Å². The van der Waals surface area contributed by atoms with E-state index in [1.807, 2.05) is 12.1 Å². The maximum absolute atomic E-state index is 12.4. The number of hydrogen-bond acceptors (Lipinski definition) is 5. The molecular weight excluding hydrogens is 366 g/mol. The second-order valence-corrected chi connectivity index (χ2v) is 7.75. The lowest BCUT2D eigenvalue weighted by Crippen LogP contribution is -2.45. The predicted octanol–water partition coefficient (Wildman–Crippen LogP) is 1.97. The van der Waals surface area contributed by atoms with E-state index in [-0.39, 0.29) is 16.3 Å². The molecule has 2 aromatic rings. The fraction of sp³-hybridized carbons (Fsp3) is 0.375. The van der Waals surface area contributed by atoms with Crippen molar-refractivity contribution in [2.75, 3.05) is 6.54 Å². The first-order valence-corrected chi connectivity index (χ1v) is 9.54. The lowest BCUT2D eigenvalue weighted by molar-refractivity contribution is -0.122. The van der Waals surface area contributed by atoms with Gasteiger partial charge in [0, 0.05) is 11.6 Å². The second-order valence-electron chi connectivity index (χ2n) is 5.66. The van der Waals surface area contributed by atoms with Gasteiger partial charge in [-0.1, -0.05) is 28.9 Å². The molecule has 0 radical (unpaired) electrons. The van der Waals surface area contributed by atoms with Crippen molar-refractivity contribution < 1.29 is 17.7 Å². The molecule has 0 bridgehead atoms. The standard InChI is InChI=1S/C16H20ClN3O4S/c1-10-15(12(3)24-19-10)25(22,23)20-11(2)16(21)18-9-8-13-4-6-14(17)7-5-13/h4-7,11,20H,8-9H2,1-3H3,(H,18,21)/t11-/m0/s1. The number of carbonyl (C=O) groups excluding carboxylic acids is 1. The molecule has 1 aromatic carbocycles. The fourth-order valence-electron chi connectivity index (χ4n) is 2.34.